The van der Waals surface area contributed by atoms with Gasteiger partial charge < -0.3 is 4.90 Å². The van der Waals surface area contributed by atoms with Gasteiger partial charge in [0.15, 0.2) is 0 Å². The molecule has 0 aliphatic carbocycles. The summed E-state index contributed by atoms with van der Waals surface area (Å²) in [5.74, 6) is -0.268. The standard InChI is InChI=1S/C19H17BrN2O3/c20-15-8-6-14(7-9-15)18(23)21-11-10-16-17(21)19(24)22(25-16)12-13-4-2-1-3-5-13/h1-9,16-17H,10-12H2. The maximum Gasteiger partial charge on any atom is 0.272 e. The first-order chi connectivity index (χ1) is 12.1. The molecule has 2 aromatic rings. The topological polar surface area (TPSA) is 49.9 Å². The minimum atomic E-state index is -0.528. The van der Waals surface area contributed by atoms with Gasteiger partial charge in [0.25, 0.3) is 11.8 Å². The molecule has 0 N–H and O–H groups in total. The van der Waals surface area contributed by atoms with Crippen LogP contribution in [0.2, 0.25) is 0 Å². The highest BCUT2D eigenvalue weighted by atomic mass is 79.9. The lowest BCUT2D eigenvalue weighted by molar-refractivity contribution is -0.177. The Balaban J connectivity index is 1.51. The van der Waals surface area contributed by atoms with Crippen LogP contribution < -0.4 is 0 Å². The molecule has 0 spiro atoms. The highest BCUT2D eigenvalue weighted by Crippen LogP contribution is 2.32. The summed E-state index contributed by atoms with van der Waals surface area (Å²) < 4.78 is 0.915. The van der Waals surface area contributed by atoms with Crippen molar-refractivity contribution in [1.82, 2.24) is 9.96 Å². The lowest BCUT2D eigenvalue weighted by Crippen LogP contribution is -2.43. The van der Waals surface area contributed by atoms with Gasteiger partial charge in [0, 0.05) is 16.6 Å². The van der Waals surface area contributed by atoms with Gasteiger partial charge in [-0.3, -0.25) is 14.4 Å². The molecule has 6 heteroatoms. The minimum Gasteiger partial charge on any atom is -0.324 e. The van der Waals surface area contributed by atoms with Gasteiger partial charge in [0.05, 0.1) is 6.54 Å². The molecule has 25 heavy (non-hydrogen) atoms. The van der Waals surface area contributed by atoms with Gasteiger partial charge in [-0.25, -0.2) is 5.06 Å². The van der Waals surface area contributed by atoms with Crippen molar-refractivity contribution < 1.29 is 14.4 Å². The smallest absolute Gasteiger partial charge is 0.272 e. The van der Waals surface area contributed by atoms with Crippen LogP contribution in [0, 0.1) is 0 Å². The molecule has 4 rings (SSSR count). The van der Waals surface area contributed by atoms with Crippen LogP contribution in [0.1, 0.15) is 22.3 Å². The number of hydrogen-bond donors (Lipinski definition) is 0. The molecule has 2 aromatic carbocycles. The van der Waals surface area contributed by atoms with Crippen LogP contribution in [-0.2, 0) is 16.2 Å². The summed E-state index contributed by atoms with van der Waals surface area (Å²) in [5, 5.41) is 1.39. The molecule has 2 amide bonds. The number of nitrogens with zero attached hydrogens (tertiary/aromatic N) is 2. The van der Waals surface area contributed by atoms with Crippen molar-refractivity contribution >= 4 is 27.7 Å². The second-order valence-corrected chi connectivity index (χ2v) is 7.16. The number of hydroxylamine groups is 2. The third kappa shape index (κ3) is 3.07. The molecule has 128 valence electrons. The van der Waals surface area contributed by atoms with E-state index in [1.807, 2.05) is 42.5 Å². The Kier molecular flexibility index (Phi) is 4.31. The highest BCUT2D eigenvalue weighted by molar-refractivity contribution is 9.10. The first-order valence-electron chi connectivity index (χ1n) is 8.22. The summed E-state index contributed by atoms with van der Waals surface area (Å²) >= 11 is 3.37. The van der Waals surface area contributed by atoms with E-state index in [1.54, 1.807) is 17.0 Å². The minimum absolute atomic E-state index is 0.126. The summed E-state index contributed by atoms with van der Waals surface area (Å²) in [7, 11) is 0. The van der Waals surface area contributed by atoms with E-state index >= 15 is 0 Å². The molecule has 2 aliphatic heterocycles. The van der Waals surface area contributed by atoms with Gasteiger partial charge in [-0.05, 0) is 36.2 Å². The number of likely N-dealkylation sites (tertiary alicyclic amines) is 1. The number of carbonyl (C=O) groups excluding carboxylic acids is 2. The van der Waals surface area contributed by atoms with Crippen LogP contribution in [0.5, 0.6) is 0 Å². The summed E-state index contributed by atoms with van der Waals surface area (Å²) in [6.45, 7) is 0.933. The Labute approximate surface area is 154 Å². The van der Waals surface area contributed by atoms with Crippen molar-refractivity contribution in [3.63, 3.8) is 0 Å². The second-order valence-electron chi connectivity index (χ2n) is 6.24. The molecule has 0 aromatic heterocycles. The molecule has 0 radical (unpaired) electrons. The van der Waals surface area contributed by atoms with Crippen LogP contribution in [0.4, 0.5) is 0 Å². The summed E-state index contributed by atoms with van der Waals surface area (Å²) in [4.78, 5) is 33.0. The Morgan fingerprint density at radius 3 is 2.56 bits per heavy atom. The molecule has 2 aliphatic rings. The monoisotopic (exact) mass is 400 g/mol. The van der Waals surface area contributed by atoms with E-state index in [4.69, 9.17) is 4.84 Å². The Hall–Kier alpha value is -2.18. The second kappa shape index (κ2) is 6.61. The van der Waals surface area contributed by atoms with E-state index in [2.05, 4.69) is 15.9 Å². The van der Waals surface area contributed by atoms with Crippen molar-refractivity contribution in [2.75, 3.05) is 6.54 Å². The molecule has 2 fully saturated rings. The third-order valence-corrected chi connectivity index (χ3v) is 5.15. The number of rotatable bonds is 3. The van der Waals surface area contributed by atoms with Gasteiger partial charge in [-0.15, -0.1) is 0 Å². The van der Waals surface area contributed by atoms with E-state index < -0.39 is 6.04 Å². The molecule has 2 heterocycles. The van der Waals surface area contributed by atoms with Crippen molar-refractivity contribution in [3.05, 3.63) is 70.2 Å². The summed E-state index contributed by atoms with van der Waals surface area (Å²) in [5.41, 5.74) is 1.58. The fourth-order valence-electron chi connectivity index (χ4n) is 3.38. The van der Waals surface area contributed by atoms with E-state index in [9.17, 15) is 9.59 Å². The fourth-order valence-corrected chi connectivity index (χ4v) is 3.64. The number of amides is 2. The summed E-state index contributed by atoms with van der Waals surface area (Å²) in [6.07, 6.45) is 0.417. The first-order valence-corrected chi connectivity index (χ1v) is 9.01. The summed E-state index contributed by atoms with van der Waals surface area (Å²) in [6, 6.07) is 16.4. The van der Waals surface area contributed by atoms with Gasteiger partial charge >= 0.3 is 0 Å². The molecule has 2 atom stereocenters. The third-order valence-electron chi connectivity index (χ3n) is 4.62. The molecular weight excluding hydrogens is 384 g/mol. The Bertz CT molecular complexity index is 794. The number of halogens is 1. The predicted octanol–water partition coefficient (Wildman–Crippen LogP) is 3.01. The molecule has 0 bridgehead atoms. The lowest BCUT2D eigenvalue weighted by Gasteiger charge is -2.22. The average molecular weight is 401 g/mol. The molecular formula is C19H17BrN2O3. The number of benzene rings is 2. The van der Waals surface area contributed by atoms with E-state index in [0.29, 0.717) is 25.1 Å². The number of hydrogen-bond acceptors (Lipinski definition) is 3. The lowest BCUT2D eigenvalue weighted by atomic mass is 10.1. The number of fused-ring (bicyclic) bond motifs is 1. The first kappa shape index (κ1) is 16.3. The van der Waals surface area contributed by atoms with E-state index in [1.165, 1.54) is 5.06 Å². The predicted molar refractivity (Wildman–Crippen MR) is 95.4 cm³/mol. The number of carbonyl (C=O) groups is 2. The molecule has 5 nitrogen and oxygen atoms in total. The average Bonchev–Trinajstić information content (AvgIpc) is 3.17. The van der Waals surface area contributed by atoms with Crippen LogP contribution in [0.25, 0.3) is 0 Å². The van der Waals surface area contributed by atoms with E-state index in [0.717, 1.165) is 10.0 Å². The van der Waals surface area contributed by atoms with Crippen LogP contribution in [-0.4, -0.2) is 40.5 Å². The zero-order chi connectivity index (χ0) is 17.4. The largest absolute Gasteiger partial charge is 0.324 e. The maximum atomic E-state index is 12.8. The highest BCUT2D eigenvalue weighted by Gasteiger charge is 2.51. The zero-order valence-electron chi connectivity index (χ0n) is 13.5. The SMILES string of the molecule is O=C1C2C(CCN2C(=O)c2ccc(Br)cc2)ON1Cc1ccccc1. The van der Waals surface area contributed by atoms with E-state index in [-0.39, 0.29) is 17.9 Å². The van der Waals surface area contributed by atoms with Crippen molar-refractivity contribution in [2.24, 2.45) is 0 Å². The molecule has 2 unspecified atom stereocenters. The molecule has 2 saturated heterocycles. The van der Waals surface area contributed by atoms with Crippen LogP contribution in [0.15, 0.2) is 59.1 Å². The van der Waals surface area contributed by atoms with Crippen LogP contribution in [0.3, 0.4) is 0 Å². The van der Waals surface area contributed by atoms with Gasteiger partial charge in [-0.2, -0.15) is 0 Å². The Morgan fingerprint density at radius 2 is 1.84 bits per heavy atom. The van der Waals surface area contributed by atoms with Crippen molar-refractivity contribution in [3.8, 4) is 0 Å². The van der Waals surface area contributed by atoms with Crippen molar-refractivity contribution in [1.29, 1.82) is 0 Å². The fraction of sp³-hybridized carbons (Fsp3) is 0.263. The van der Waals surface area contributed by atoms with Crippen LogP contribution >= 0.6 is 15.9 Å². The maximum absolute atomic E-state index is 12.8. The quantitative estimate of drug-likeness (QED) is 0.795. The molecule has 0 saturated carbocycles. The Morgan fingerprint density at radius 1 is 1.12 bits per heavy atom. The van der Waals surface area contributed by atoms with Gasteiger partial charge in [0.2, 0.25) is 0 Å². The van der Waals surface area contributed by atoms with Gasteiger partial charge in [0.1, 0.15) is 12.1 Å². The van der Waals surface area contributed by atoms with Crippen molar-refractivity contribution in [2.45, 2.75) is 25.1 Å². The van der Waals surface area contributed by atoms with Gasteiger partial charge in [-0.1, -0.05) is 46.3 Å². The normalized spacial score (nSPS) is 22.4. The zero-order valence-corrected chi connectivity index (χ0v) is 15.1.